The summed E-state index contributed by atoms with van der Waals surface area (Å²) >= 11 is 6.02. The molecule has 1 atom stereocenters. The first kappa shape index (κ1) is 22.5. The van der Waals surface area contributed by atoms with Crippen molar-refractivity contribution in [2.24, 2.45) is 0 Å². The average molecular weight is 439 g/mol. The largest absolute Gasteiger partial charge is 0.486 e. The van der Waals surface area contributed by atoms with Gasteiger partial charge in [0.1, 0.15) is 11.9 Å². The number of ketones is 1. The number of likely N-dealkylation sites (N-methyl/N-ethyl adjacent to an activating group) is 1. The first-order valence-electron chi connectivity index (χ1n) is 9.79. The number of rotatable bonds is 10. The molecule has 160 valence electrons. The number of aliphatic carboxylic acids is 1. The summed E-state index contributed by atoms with van der Waals surface area (Å²) in [7, 11) is 1.75. The van der Waals surface area contributed by atoms with Gasteiger partial charge in [-0.25, -0.2) is 0 Å². The number of carbonyl (C=O) groups is 2. The first-order valence-corrected chi connectivity index (χ1v) is 10.2. The minimum absolute atomic E-state index is 0.0523. The zero-order valence-corrected chi connectivity index (χ0v) is 17.8. The predicted octanol–water partition coefficient (Wildman–Crippen LogP) is 4.49. The molecule has 1 heterocycles. The van der Waals surface area contributed by atoms with E-state index in [1.54, 1.807) is 72.9 Å². The van der Waals surface area contributed by atoms with Crippen molar-refractivity contribution in [3.63, 3.8) is 0 Å². The third-order valence-corrected chi connectivity index (χ3v) is 4.99. The van der Waals surface area contributed by atoms with Crippen LogP contribution in [0.3, 0.4) is 0 Å². The summed E-state index contributed by atoms with van der Waals surface area (Å²) < 4.78 is 6.24. The summed E-state index contributed by atoms with van der Waals surface area (Å²) in [5.74, 6) is -0.438. The van der Waals surface area contributed by atoms with Crippen molar-refractivity contribution in [2.45, 2.75) is 12.5 Å². The van der Waals surface area contributed by atoms with Gasteiger partial charge in [0.05, 0.1) is 6.54 Å². The normalized spacial score (nSPS) is 11.8. The Hall–Kier alpha value is -3.22. The quantitative estimate of drug-likeness (QED) is 0.470. The van der Waals surface area contributed by atoms with Crippen LogP contribution in [-0.2, 0) is 4.79 Å². The lowest BCUT2D eigenvalue weighted by molar-refractivity contribution is -0.138. The first-order chi connectivity index (χ1) is 14.9. The Labute approximate surface area is 186 Å². The van der Waals surface area contributed by atoms with Gasteiger partial charge in [0.2, 0.25) is 0 Å². The molecule has 0 fully saturated rings. The molecule has 3 aromatic rings. The molecule has 0 aliphatic heterocycles. The fraction of sp³-hybridized carbons (Fsp3) is 0.208. The van der Waals surface area contributed by atoms with Crippen molar-refractivity contribution in [3.8, 4) is 5.75 Å². The molecule has 0 spiro atoms. The molecule has 0 amide bonds. The van der Waals surface area contributed by atoms with Crippen molar-refractivity contribution in [3.05, 3.63) is 94.8 Å². The molecule has 0 saturated heterocycles. The summed E-state index contributed by atoms with van der Waals surface area (Å²) in [6.45, 7) is 0.471. The second-order valence-electron chi connectivity index (χ2n) is 7.17. The van der Waals surface area contributed by atoms with Gasteiger partial charge in [-0.1, -0.05) is 35.9 Å². The second-order valence-corrected chi connectivity index (χ2v) is 7.61. The fourth-order valence-corrected chi connectivity index (χ4v) is 3.29. The monoisotopic (exact) mass is 438 g/mol. The minimum atomic E-state index is -0.881. The van der Waals surface area contributed by atoms with Gasteiger partial charge >= 0.3 is 5.97 Å². The number of ether oxygens (including phenoxy) is 1. The van der Waals surface area contributed by atoms with Crippen LogP contribution in [0.2, 0.25) is 5.02 Å². The Morgan fingerprint density at radius 2 is 1.77 bits per heavy atom. The number of hydrogen-bond acceptors (Lipinski definition) is 5. The van der Waals surface area contributed by atoms with E-state index in [9.17, 15) is 9.59 Å². The lowest BCUT2D eigenvalue weighted by Crippen LogP contribution is -2.28. The summed E-state index contributed by atoms with van der Waals surface area (Å²) in [5.41, 5.74) is 1.98. The highest BCUT2D eigenvalue weighted by Crippen LogP contribution is 2.27. The topological polar surface area (TPSA) is 79.7 Å². The highest BCUT2D eigenvalue weighted by molar-refractivity contribution is 6.30. The van der Waals surface area contributed by atoms with E-state index in [1.165, 1.54) is 0 Å². The number of aromatic nitrogens is 1. The van der Waals surface area contributed by atoms with Gasteiger partial charge in [0.15, 0.2) is 5.78 Å². The van der Waals surface area contributed by atoms with Gasteiger partial charge in [0.25, 0.3) is 0 Å². The van der Waals surface area contributed by atoms with Crippen LogP contribution in [0.25, 0.3) is 0 Å². The maximum absolute atomic E-state index is 12.7. The Bertz CT molecular complexity index is 1030. The van der Waals surface area contributed by atoms with Gasteiger partial charge in [0, 0.05) is 41.5 Å². The van der Waals surface area contributed by atoms with Gasteiger partial charge in [-0.15, -0.1) is 0 Å². The highest BCUT2D eigenvalue weighted by atomic mass is 35.5. The maximum atomic E-state index is 12.7. The molecule has 0 aliphatic carbocycles. The van der Waals surface area contributed by atoms with Crippen LogP contribution in [0.15, 0.2) is 73.1 Å². The fourth-order valence-electron chi connectivity index (χ4n) is 3.16. The third kappa shape index (κ3) is 6.64. The summed E-state index contributed by atoms with van der Waals surface area (Å²) in [4.78, 5) is 29.4. The molecule has 1 aromatic heterocycles. The SMILES string of the molecule is CN(CCC(Oc1cccc(C(=O)c2ccncc2)c1)c1ccc(Cl)cc1)CC(=O)O. The van der Waals surface area contributed by atoms with Crippen molar-refractivity contribution in [1.29, 1.82) is 0 Å². The van der Waals surface area contributed by atoms with Crippen LogP contribution in [0.1, 0.15) is 34.0 Å². The van der Waals surface area contributed by atoms with E-state index in [4.69, 9.17) is 21.4 Å². The number of carboxylic acid groups (broad SMARTS) is 1. The molecule has 0 bridgehead atoms. The number of halogens is 1. The Balaban J connectivity index is 1.79. The van der Waals surface area contributed by atoms with Crippen LogP contribution in [0.5, 0.6) is 5.75 Å². The molecule has 1 unspecified atom stereocenters. The Morgan fingerprint density at radius 3 is 2.45 bits per heavy atom. The third-order valence-electron chi connectivity index (χ3n) is 4.74. The lowest BCUT2D eigenvalue weighted by atomic mass is 10.0. The molecule has 0 radical (unpaired) electrons. The molecule has 1 N–H and O–H groups in total. The van der Waals surface area contributed by atoms with E-state index in [2.05, 4.69) is 4.98 Å². The molecular weight excluding hydrogens is 416 g/mol. The van der Waals surface area contributed by atoms with E-state index >= 15 is 0 Å². The zero-order valence-electron chi connectivity index (χ0n) is 17.1. The minimum Gasteiger partial charge on any atom is -0.486 e. The van der Waals surface area contributed by atoms with E-state index in [-0.39, 0.29) is 18.4 Å². The van der Waals surface area contributed by atoms with Crippen molar-refractivity contribution in [1.82, 2.24) is 9.88 Å². The molecule has 0 aliphatic rings. The van der Waals surface area contributed by atoms with Crippen LogP contribution in [0, 0.1) is 0 Å². The Kier molecular flexibility index (Phi) is 7.76. The number of pyridine rings is 1. The van der Waals surface area contributed by atoms with Crippen LogP contribution < -0.4 is 4.74 Å². The predicted molar refractivity (Wildman–Crippen MR) is 119 cm³/mol. The average Bonchev–Trinajstić information content (AvgIpc) is 2.77. The molecule has 0 saturated carbocycles. The summed E-state index contributed by atoms with van der Waals surface area (Å²) in [6.07, 6.45) is 3.39. The molecule has 31 heavy (non-hydrogen) atoms. The van der Waals surface area contributed by atoms with E-state index in [1.807, 2.05) is 12.1 Å². The Morgan fingerprint density at radius 1 is 1.06 bits per heavy atom. The van der Waals surface area contributed by atoms with Gasteiger partial charge < -0.3 is 9.84 Å². The second kappa shape index (κ2) is 10.7. The van der Waals surface area contributed by atoms with Crippen molar-refractivity contribution >= 4 is 23.4 Å². The highest BCUT2D eigenvalue weighted by Gasteiger charge is 2.17. The van der Waals surface area contributed by atoms with E-state index in [0.29, 0.717) is 34.9 Å². The lowest BCUT2D eigenvalue weighted by Gasteiger charge is -2.23. The number of benzene rings is 2. The van der Waals surface area contributed by atoms with Gasteiger partial charge in [-0.3, -0.25) is 19.5 Å². The van der Waals surface area contributed by atoms with E-state index in [0.717, 1.165) is 5.56 Å². The maximum Gasteiger partial charge on any atom is 0.317 e. The summed E-state index contributed by atoms with van der Waals surface area (Å²) in [6, 6.07) is 17.7. The standard InChI is InChI=1S/C24H23ClN2O4/c1-27(16-23(28)29)14-11-22(17-5-7-20(25)8-6-17)31-21-4-2-3-19(15-21)24(30)18-9-12-26-13-10-18/h2-10,12-13,15,22H,11,14,16H2,1H3,(H,28,29). The van der Waals surface area contributed by atoms with Crippen LogP contribution in [-0.4, -0.2) is 46.9 Å². The number of nitrogens with zero attached hydrogens (tertiary/aromatic N) is 2. The van der Waals surface area contributed by atoms with Crippen LogP contribution in [0.4, 0.5) is 0 Å². The van der Waals surface area contributed by atoms with Crippen LogP contribution >= 0.6 is 11.6 Å². The number of carbonyl (C=O) groups excluding carboxylic acids is 1. The molecule has 2 aromatic carbocycles. The van der Waals surface area contributed by atoms with Crippen molar-refractivity contribution in [2.75, 3.05) is 20.1 Å². The number of hydrogen-bond donors (Lipinski definition) is 1. The molecule has 6 nitrogen and oxygen atoms in total. The summed E-state index contributed by atoms with van der Waals surface area (Å²) in [5, 5.41) is 9.61. The van der Waals surface area contributed by atoms with Crippen molar-refractivity contribution < 1.29 is 19.4 Å². The van der Waals surface area contributed by atoms with Gasteiger partial charge in [-0.05, 0) is 49.0 Å². The molecule has 7 heteroatoms. The molecule has 3 rings (SSSR count). The van der Waals surface area contributed by atoms with Gasteiger partial charge in [-0.2, -0.15) is 0 Å². The number of carboxylic acids is 1. The van der Waals surface area contributed by atoms with E-state index < -0.39 is 5.97 Å². The zero-order chi connectivity index (χ0) is 22.2. The molecular formula is C24H23ClN2O4. The smallest absolute Gasteiger partial charge is 0.317 e.